The Morgan fingerprint density at radius 3 is 2.38 bits per heavy atom. The van der Waals surface area contributed by atoms with Gasteiger partial charge in [-0.05, 0) is 23.8 Å². The second-order valence-corrected chi connectivity index (χ2v) is 6.79. The van der Waals surface area contributed by atoms with Crippen molar-refractivity contribution in [3.63, 3.8) is 0 Å². The molecular weight excluding hydrogens is 389 g/mol. The van der Waals surface area contributed by atoms with Crippen molar-refractivity contribution in [2.75, 3.05) is 31.1 Å². The van der Waals surface area contributed by atoms with Gasteiger partial charge in [-0.15, -0.1) is 0 Å². The number of nitro benzene ring substituents is 1. The van der Waals surface area contributed by atoms with Crippen molar-refractivity contribution in [3.8, 4) is 0 Å². The molecule has 1 heterocycles. The molecule has 1 aliphatic heterocycles. The lowest BCUT2D eigenvalue weighted by atomic mass is 10.1. The Hall–Kier alpha value is -3.14. The Kier molecular flexibility index (Phi) is 5.73. The first-order chi connectivity index (χ1) is 13.6. The molecule has 2 aromatic rings. The number of nitrogens with zero attached hydrogens (tertiary/aromatic N) is 3. The number of carbonyl (C=O) groups is 1. The number of primary amides is 1. The number of nitrogens with two attached hydrogens (primary N) is 1. The molecule has 154 valence electrons. The highest BCUT2D eigenvalue weighted by atomic mass is 19.4. The predicted octanol–water partition coefficient (Wildman–Crippen LogP) is 3.03. The van der Waals surface area contributed by atoms with Crippen molar-refractivity contribution in [1.29, 1.82) is 0 Å². The van der Waals surface area contributed by atoms with E-state index in [1.54, 1.807) is 6.07 Å². The van der Waals surface area contributed by atoms with Gasteiger partial charge in [0.15, 0.2) is 0 Å². The van der Waals surface area contributed by atoms with Gasteiger partial charge in [0.2, 0.25) is 5.91 Å². The molecule has 0 radical (unpaired) electrons. The molecule has 0 aromatic heterocycles. The normalized spacial score (nSPS) is 15.3. The van der Waals surface area contributed by atoms with Crippen molar-refractivity contribution < 1.29 is 22.9 Å². The number of benzene rings is 2. The second-order valence-electron chi connectivity index (χ2n) is 6.79. The summed E-state index contributed by atoms with van der Waals surface area (Å²) in [5, 5.41) is 11.4. The fraction of sp³-hybridized carbons (Fsp3) is 0.316. The third-order valence-corrected chi connectivity index (χ3v) is 4.83. The second kappa shape index (κ2) is 8.08. The summed E-state index contributed by atoms with van der Waals surface area (Å²) < 4.78 is 38.6. The van der Waals surface area contributed by atoms with Crippen LogP contribution in [0.25, 0.3) is 0 Å². The third kappa shape index (κ3) is 4.83. The lowest BCUT2D eigenvalue weighted by Crippen LogP contribution is -2.46. The Bertz CT molecular complexity index is 925. The van der Waals surface area contributed by atoms with Gasteiger partial charge >= 0.3 is 6.18 Å². The van der Waals surface area contributed by atoms with E-state index in [1.807, 2.05) is 9.80 Å². The van der Waals surface area contributed by atoms with E-state index in [9.17, 15) is 28.1 Å². The van der Waals surface area contributed by atoms with Crippen LogP contribution in [0.4, 0.5) is 24.5 Å². The summed E-state index contributed by atoms with van der Waals surface area (Å²) in [6, 6.07) is 9.32. The van der Waals surface area contributed by atoms with Crippen molar-refractivity contribution in [2.45, 2.75) is 12.7 Å². The number of hydrogen-bond donors (Lipinski definition) is 1. The number of amides is 1. The van der Waals surface area contributed by atoms with Crippen LogP contribution in [0.3, 0.4) is 0 Å². The molecule has 0 bridgehead atoms. The van der Waals surface area contributed by atoms with Crippen LogP contribution in [-0.2, 0) is 12.7 Å². The highest BCUT2D eigenvalue weighted by molar-refractivity contribution is 5.94. The predicted molar refractivity (Wildman–Crippen MR) is 101 cm³/mol. The van der Waals surface area contributed by atoms with Crippen molar-refractivity contribution in [3.05, 3.63) is 69.3 Å². The van der Waals surface area contributed by atoms with Crippen LogP contribution in [0.15, 0.2) is 42.5 Å². The molecule has 3 rings (SSSR count). The van der Waals surface area contributed by atoms with Crippen LogP contribution in [-0.4, -0.2) is 41.9 Å². The van der Waals surface area contributed by atoms with Crippen molar-refractivity contribution >= 4 is 17.3 Å². The molecule has 0 unspecified atom stereocenters. The van der Waals surface area contributed by atoms with E-state index in [2.05, 4.69) is 0 Å². The van der Waals surface area contributed by atoms with Crippen LogP contribution in [0.2, 0.25) is 0 Å². The third-order valence-electron chi connectivity index (χ3n) is 4.83. The Balaban J connectivity index is 1.68. The summed E-state index contributed by atoms with van der Waals surface area (Å²) in [5.41, 5.74) is 5.31. The van der Waals surface area contributed by atoms with Gasteiger partial charge in [0.1, 0.15) is 5.69 Å². The summed E-state index contributed by atoms with van der Waals surface area (Å²) in [7, 11) is 0. The monoisotopic (exact) mass is 408 g/mol. The first-order valence-corrected chi connectivity index (χ1v) is 8.87. The molecule has 1 saturated heterocycles. The molecule has 0 aliphatic carbocycles. The number of hydrogen-bond acceptors (Lipinski definition) is 5. The Labute approximate surface area is 164 Å². The van der Waals surface area contributed by atoms with E-state index in [4.69, 9.17) is 5.73 Å². The molecule has 2 aromatic carbocycles. The average molecular weight is 408 g/mol. The highest BCUT2D eigenvalue weighted by Crippen LogP contribution is 2.31. The fourth-order valence-electron chi connectivity index (χ4n) is 3.34. The van der Waals surface area contributed by atoms with E-state index >= 15 is 0 Å². The van der Waals surface area contributed by atoms with Gasteiger partial charge in [-0.1, -0.05) is 18.2 Å². The summed E-state index contributed by atoms with van der Waals surface area (Å²) in [5.74, 6) is -0.745. The maximum Gasteiger partial charge on any atom is 0.416 e. The van der Waals surface area contributed by atoms with Gasteiger partial charge in [-0.2, -0.15) is 13.2 Å². The smallest absolute Gasteiger partial charge is 0.366 e. The molecule has 7 nitrogen and oxygen atoms in total. The minimum atomic E-state index is -4.38. The quantitative estimate of drug-likeness (QED) is 0.606. The van der Waals surface area contributed by atoms with Gasteiger partial charge in [-0.3, -0.25) is 19.8 Å². The minimum Gasteiger partial charge on any atom is -0.366 e. The zero-order valence-corrected chi connectivity index (χ0v) is 15.4. The van der Waals surface area contributed by atoms with Crippen LogP contribution in [0.1, 0.15) is 21.5 Å². The molecule has 10 heteroatoms. The number of anilines is 1. The number of piperazine rings is 1. The van der Waals surface area contributed by atoms with Gasteiger partial charge in [0, 0.05) is 44.4 Å². The van der Waals surface area contributed by atoms with Crippen LogP contribution in [0, 0.1) is 10.1 Å². The summed E-state index contributed by atoms with van der Waals surface area (Å²) in [6.45, 7) is 2.36. The van der Waals surface area contributed by atoms with Gasteiger partial charge in [0.05, 0.1) is 10.5 Å². The Morgan fingerprint density at radius 1 is 1.10 bits per heavy atom. The standard InChI is InChI=1S/C19H19F3N4O3/c20-19(21,22)15-3-1-2-13(10-15)12-24-6-8-25(9-7-24)16-5-4-14(18(23)27)11-17(16)26(28)29/h1-5,10-11H,6-9,12H2,(H2,23,27). The summed E-state index contributed by atoms with van der Waals surface area (Å²) >= 11 is 0. The van der Waals surface area contributed by atoms with Crippen LogP contribution < -0.4 is 10.6 Å². The van der Waals surface area contributed by atoms with Crippen molar-refractivity contribution in [2.24, 2.45) is 5.73 Å². The fourth-order valence-corrected chi connectivity index (χ4v) is 3.34. The van der Waals surface area contributed by atoms with E-state index < -0.39 is 22.6 Å². The van der Waals surface area contributed by atoms with Crippen LogP contribution >= 0.6 is 0 Å². The van der Waals surface area contributed by atoms with Crippen LogP contribution in [0.5, 0.6) is 0 Å². The molecule has 0 saturated carbocycles. The zero-order valence-electron chi connectivity index (χ0n) is 15.4. The molecule has 1 fully saturated rings. The van der Waals surface area contributed by atoms with Gasteiger partial charge in [-0.25, -0.2) is 0 Å². The maximum atomic E-state index is 12.9. The number of halogens is 3. The highest BCUT2D eigenvalue weighted by Gasteiger charge is 2.30. The lowest BCUT2D eigenvalue weighted by Gasteiger charge is -2.36. The molecule has 0 atom stereocenters. The largest absolute Gasteiger partial charge is 0.416 e. The van der Waals surface area contributed by atoms with E-state index in [-0.39, 0.29) is 11.3 Å². The van der Waals surface area contributed by atoms with Crippen molar-refractivity contribution in [1.82, 2.24) is 4.90 Å². The first-order valence-electron chi connectivity index (χ1n) is 8.87. The van der Waals surface area contributed by atoms with Gasteiger partial charge < -0.3 is 10.6 Å². The Morgan fingerprint density at radius 2 is 1.79 bits per heavy atom. The molecule has 1 amide bonds. The van der Waals surface area contributed by atoms with Gasteiger partial charge in [0.25, 0.3) is 5.69 Å². The minimum absolute atomic E-state index is 0.0589. The summed E-state index contributed by atoms with van der Waals surface area (Å²) in [4.78, 5) is 25.9. The molecule has 1 aliphatic rings. The number of rotatable bonds is 5. The zero-order chi connectivity index (χ0) is 21.2. The topological polar surface area (TPSA) is 92.7 Å². The lowest BCUT2D eigenvalue weighted by molar-refractivity contribution is -0.384. The van der Waals surface area contributed by atoms with E-state index in [1.165, 1.54) is 18.2 Å². The number of alkyl halides is 3. The average Bonchev–Trinajstić information content (AvgIpc) is 2.67. The molecule has 0 spiro atoms. The van der Waals surface area contributed by atoms with E-state index in [0.29, 0.717) is 44.0 Å². The molecule has 29 heavy (non-hydrogen) atoms. The van der Waals surface area contributed by atoms with E-state index in [0.717, 1.165) is 18.2 Å². The molecule has 2 N–H and O–H groups in total. The SMILES string of the molecule is NC(=O)c1ccc(N2CCN(Cc3cccc(C(F)(F)F)c3)CC2)c([N+](=O)[O-])c1. The molecular formula is C19H19F3N4O3. The maximum absolute atomic E-state index is 12.9. The first kappa shape index (κ1) is 20.6. The number of nitro groups is 1. The number of carbonyl (C=O) groups excluding carboxylic acids is 1. The summed E-state index contributed by atoms with van der Waals surface area (Å²) in [6.07, 6.45) is -4.38.